The summed E-state index contributed by atoms with van der Waals surface area (Å²) in [6.07, 6.45) is 2.02. The number of hydrogen-bond donors (Lipinski definition) is 0. The third kappa shape index (κ3) is 6.47. The molecule has 0 fully saturated rings. The molecule has 0 aliphatic heterocycles. The number of unbranched alkanes of at least 4 members (excludes halogenated alkanes) is 1. The van der Waals surface area contributed by atoms with Crippen molar-refractivity contribution in [3.8, 4) is 0 Å². The lowest BCUT2D eigenvalue weighted by atomic mass is 10.0. The van der Waals surface area contributed by atoms with Gasteiger partial charge in [-0.25, -0.2) is 4.79 Å². The van der Waals surface area contributed by atoms with Crippen LogP contribution in [0, 0.1) is 0 Å². The largest absolute Gasteiger partial charge is 0.329 e. The van der Waals surface area contributed by atoms with E-state index in [1.807, 2.05) is 28.0 Å². The summed E-state index contributed by atoms with van der Waals surface area (Å²) in [6.45, 7) is 12.3. The third-order valence-corrected chi connectivity index (χ3v) is 6.10. The highest BCUT2D eigenvalue weighted by Gasteiger charge is 2.24. The summed E-state index contributed by atoms with van der Waals surface area (Å²) in [5, 5.41) is 0. The molecule has 0 spiro atoms. The molecule has 0 radical (unpaired) electrons. The molecule has 3 rings (SSSR count). The molecule has 0 saturated heterocycles. The number of amides is 2. The molecule has 0 heterocycles. The van der Waals surface area contributed by atoms with Crippen LogP contribution in [-0.4, -0.2) is 17.5 Å². The molecule has 0 unspecified atom stereocenters. The summed E-state index contributed by atoms with van der Waals surface area (Å²) in [6, 6.07) is 27.1. The van der Waals surface area contributed by atoms with Crippen molar-refractivity contribution in [2.75, 3.05) is 11.4 Å². The van der Waals surface area contributed by atoms with Crippen molar-refractivity contribution in [2.45, 2.75) is 65.8 Å². The average molecular weight is 443 g/mol. The number of carbonyl (C=O) groups excluding carboxylic acids is 1. The molecule has 0 atom stereocenters. The number of carbonyl (C=O) groups is 1. The fourth-order valence-electron chi connectivity index (χ4n) is 3.92. The molecule has 2 amide bonds. The number of rotatable bonds is 9. The first-order valence-corrected chi connectivity index (χ1v) is 12.2. The third-order valence-electron chi connectivity index (χ3n) is 6.10. The van der Waals surface area contributed by atoms with E-state index in [9.17, 15) is 4.79 Å². The Morgan fingerprint density at radius 2 is 1.21 bits per heavy atom. The molecule has 3 heteroatoms. The lowest BCUT2D eigenvalue weighted by molar-refractivity contribution is 0.203. The summed E-state index contributed by atoms with van der Waals surface area (Å²) in [5.74, 6) is 0.903. The highest BCUT2D eigenvalue weighted by Crippen LogP contribution is 2.30. The van der Waals surface area contributed by atoms with E-state index in [4.69, 9.17) is 0 Å². The van der Waals surface area contributed by atoms with Crippen molar-refractivity contribution in [1.29, 1.82) is 0 Å². The van der Waals surface area contributed by atoms with Gasteiger partial charge in [0.1, 0.15) is 0 Å². The highest BCUT2D eigenvalue weighted by atomic mass is 16.2. The first-order valence-electron chi connectivity index (χ1n) is 12.2. The number of hydrogen-bond acceptors (Lipinski definition) is 1. The van der Waals surface area contributed by atoms with Gasteiger partial charge < -0.3 is 4.90 Å². The van der Waals surface area contributed by atoms with E-state index >= 15 is 0 Å². The molecule has 0 aliphatic carbocycles. The Morgan fingerprint density at radius 3 is 1.64 bits per heavy atom. The van der Waals surface area contributed by atoms with Crippen molar-refractivity contribution in [3.63, 3.8) is 0 Å². The molecule has 3 nitrogen and oxygen atoms in total. The Morgan fingerprint density at radius 1 is 0.727 bits per heavy atom. The van der Waals surface area contributed by atoms with E-state index in [1.54, 1.807) is 0 Å². The minimum absolute atomic E-state index is 0.0156. The molecule has 3 aromatic rings. The van der Waals surface area contributed by atoms with Gasteiger partial charge in [0.2, 0.25) is 0 Å². The monoisotopic (exact) mass is 442 g/mol. The summed E-state index contributed by atoms with van der Waals surface area (Å²) >= 11 is 0. The summed E-state index contributed by atoms with van der Waals surface area (Å²) in [5.41, 5.74) is 5.49. The van der Waals surface area contributed by atoms with Gasteiger partial charge in [0.25, 0.3) is 0 Å². The van der Waals surface area contributed by atoms with E-state index in [2.05, 4.69) is 95.3 Å². The van der Waals surface area contributed by atoms with E-state index < -0.39 is 0 Å². The second kappa shape index (κ2) is 11.7. The van der Waals surface area contributed by atoms with Crippen LogP contribution in [0.25, 0.3) is 0 Å². The molecule has 0 saturated carbocycles. The molecule has 0 bridgehead atoms. The Kier molecular flexibility index (Phi) is 8.71. The van der Waals surface area contributed by atoms with E-state index in [1.165, 1.54) is 11.1 Å². The zero-order chi connectivity index (χ0) is 23.8. The van der Waals surface area contributed by atoms with Gasteiger partial charge in [-0.15, -0.1) is 0 Å². The van der Waals surface area contributed by atoms with Gasteiger partial charge >= 0.3 is 6.03 Å². The van der Waals surface area contributed by atoms with Gasteiger partial charge in [0.05, 0.1) is 11.4 Å². The van der Waals surface area contributed by atoms with Crippen molar-refractivity contribution >= 4 is 17.4 Å². The highest BCUT2D eigenvalue weighted by molar-refractivity contribution is 5.99. The Hall–Kier alpha value is -3.07. The van der Waals surface area contributed by atoms with Crippen molar-refractivity contribution in [1.82, 2.24) is 4.90 Å². The standard InChI is InChI=1S/C30H38N2O/c1-6-7-21-31(22-25-11-9-8-10-12-25)30(33)32(28-17-13-26(14-18-28)23(2)3)29-19-15-27(16-20-29)24(4)5/h8-20,23-24H,6-7,21-22H2,1-5H3. The SMILES string of the molecule is CCCCN(Cc1ccccc1)C(=O)N(c1ccc(C(C)C)cc1)c1ccc(C(C)C)cc1. The minimum Gasteiger partial charge on any atom is -0.320 e. The average Bonchev–Trinajstić information content (AvgIpc) is 2.83. The van der Waals surface area contributed by atoms with Crippen LogP contribution in [0.1, 0.15) is 76.0 Å². The zero-order valence-corrected chi connectivity index (χ0v) is 20.8. The first kappa shape index (κ1) is 24.6. The van der Waals surface area contributed by atoms with Crippen molar-refractivity contribution in [2.24, 2.45) is 0 Å². The summed E-state index contributed by atoms with van der Waals surface area (Å²) < 4.78 is 0. The predicted octanol–water partition coefficient (Wildman–Crippen LogP) is 8.49. The van der Waals surface area contributed by atoms with Crippen LogP contribution in [0.3, 0.4) is 0 Å². The Labute approximate surface area is 200 Å². The van der Waals surface area contributed by atoms with Gasteiger partial charge in [-0.1, -0.05) is 95.6 Å². The van der Waals surface area contributed by atoms with E-state index in [0.717, 1.165) is 36.3 Å². The van der Waals surface area contributed by atoms with Crippen LogP contribution in [-0.2, 0) is 6.54 Å². The fraction of sp³-hybridized carbons (Fsp3) is 0.367. The van der Waals surface area contributed by atoms with E-state index in [0.29, 0.717) is 18.4 Å². The van der Waals surface area contributed by atoms with Crippen molar-refractivity contribution in [3.05, 3.63) is 95.6 Å². The lowest BCUT2D eigenvalue weighted by Gasteiger charge is -2.31. The smallest absolute Gasteiger partial charge is 0.320 e. The number of benzene rings is 3. The number of urea groups is 1. The fourth-order valence-corrected chi connectivity index (χ4v) is 3.92. The van der Waals surface area contributed by atoms with Gasteiger partial charge in [-0.05, 0) is 59.2 Å². The number of anilines is 2. The molecule has 0 N–H and O–H groups in total. The van der Waals surface area contributed by atoms with Gasteiger partial charge in [-0.2, -0.15) is 0 Å². The van der Waals surface area contributed by atoms with Crippen LogP contribution in [0.15, 0.2) is 78.9 Å². The molecule has 0 aromatic heterocycles. The van der Waals surface area contributed by atoms with Crippen molar-refractivity contribution < 1.29 is 4.79 Å². The van der Waals surface area contributed by atoms with Crippen LogP contribution in [0.4, 0.5) is 16.2 Å². The van der Waals surface area contributed by atoms with Gasteiger partial charge in [0.15, 0.2) is 0 Å². The topological polar surface area (TPSA) is 23.6 Å². The maximum Gasteiger partial charge on any atom is 0.329 e. The maximum absolute atomic E-state index is 14.0. The zero-order valence-electron chi connectivity index (χ0n) is 20.8. The lowest BCUT2D eigenvalue weighted by Crippen LogP contribution is -2.41. The second-order valence-electron chi connectivity index (χ2n) is 9.37. The Bertz CT molecular complexity index is 940. The minimum atomic E-state index is 0.0156. The molecule has 0 aliphatic rings. The van der Waals surface area contributed by atoms with Crippen LogP contribution in [0.2, 0.25) is 0 Å². The molecule has 174 valence electrons. The molecular weight excluding hydrogens is 404 g/mol. The summed E-state index contributed by atoms with van der Waals surface area (Å²) in [4.78, 5) is 17.9. The van der Waals surface area contributed by atoms with Gasteiger partial charge in [0, 0.05) is 13.1 Å². The summed E-state index contributed by atoms with van der Waals surface area (Å²) in [7, 11) is 0. The van der Waals surface area contributed by atoms with Crippen LogP contribution in [0.5, 0.6) is 0 Å². The van der Waals surface area contributed by atoms with Crippen LogP contribution >= 0.6 is 0 Å². The first-order chi connectivity index (χ1) is 15.9. The van der Waals surface area contributed by atoms with Gasteiger partial charge in [-0.3, -0.25) is 4.90 Å². The number of nitrogens with zero attached hydrogens (tertiary/aromatic N) is 2. The molecule has 3 aromatic carbocycles. The predicted molar refractivity (Wildman–Crippen MR) is 140 cm³/mol. The molecule has 33 heavy (non-hydrogen) atoms. The maximum atomic E-state index is 14.0. The quantitative estimate of drug-likeness (QED) is 0.326. The normalized spacial score (nSPS) is 11.1. The molecular formula is C30H38N2O. The Balaban J connectivity index is 2.00. The van der Waals surface area contributed by atoms with Crippen LogP contribution < -0.4 is 4.90 Å². The van der Waals surface area contributed by atoms with E-state index in [-0.39, 0.29) is 6.03 Å². The second-order valence-corrected chi connectivity index (χ2v) is 9.37.